The number of imide groups is 1. The van der Waals surface area contributed by atoms with Crippen LogP contribution in [-0.4, -0.2) is 22.7 Å². The van der Waals surface area contributed by atoms with Crippen molar-refractivity contribution in [3.63, 3.8) is 0 Å². The van der Waals surface area contributed by atoms with E-state index in [1.807, 2.05) is 60.7 Å². The van der Waals surface area contributed by atoms with Crippen LogP contribution >= 0.6 is 27.7 Å². The smallest absolute Gasteiger partial charge is 0.293 e. The zero-order chi connectivity index (χ0) is 21.1. The molecule has 0 atom stereocenters. The maximum absolute atomic E-state index is 12.9. The maximum atomic E-state index is 12.9. The molecule has 1 aliphatic rings. The van der Waals surface area contributed by atoms with Gasteiger partial charge in [-0.15, -0.1) is 0 Å². The topological polar surface area (TPSA) is 46.6 Å². The number of nitrogens with zero attached hydrogens (tertiary/aromatic N) is 1. The molecular weight excluding hydrogens is 462 g/mol. The Bertz CT molecular complexity index is 1190. The Morgan fingerprint density at radius 3 is 2.63 bits per heavy atom. The minimum absolute atomic E-state index is 0.241. The Morgan fingerprint density at radius 1 is 1.03 bits per heavy atom. The Balaban J connectivity index is 1.59. The van der Waals surface area contributed by atoms with E-state index in [4.69, 9.17) is 4.74 Å². The van der Waals surface area contributed by atoms with Crippen molar-refractivity contribution in [2.24, 2.45) is 0 Å². The summed E-state index contributed by atoms with van der Waals surface area (Å²) in [5.74, 6) is 0.326. The van der Waals surface area contributed by atoms with E-state index in [0.29, 0.717) is 17.3 Å². The number of amides is 2. The molecular formula is C24H18BrNO3S. The van der Waals surface area contributed by atoms with E-state index in [1.54, 1.807) is 12.2 Å². The number of benzene rings is 3. The van der Waals surface area contributed by atoms with Gasteiger partial charge < -0.3 is 4.74 Å². The van der Waals surface area contributed by atoms with E-state index in [2.05, 4.69) is 22.5 Å². The van der Waals surface area contributed by atoms with Gasteiger partial charge in [0, 0.05) is 10.0 Å². The number of thioether (sulfide) groups is 1. The lowest BCUT2D eigenvalue weighted by Crippen LogP contribution is -2.27. The molecule has 3 aromatic rings. The first-order valence-corrected chi connectivity index (χ1v) is 10.9. The van der Waals surface area contributed by atoms with Crippen LogP contribution in [0.25, 0.3) is 16.8 Å². The number of carbonyl (C=O) groups is 2. The first-order chi connectivity index (χ1) is 14.5. The van der Waals surface area contributed by atoms with Crippen LogP contribution in [-0.2, 0) is 11.3 Å². The number of halogens is 1. The standard InChI is InChI=1S/C24H18BrNO3S/c1-2-11-29-21-10-9-20(25)13-19(21)14-22-23(27)26(24(28)30-22)15-16-7-8-17-5-3-4-6-18(17)12-16/h2-10,12-14H,1,11,15H2/b22-14-. The summed E-state index contributed by atoms with van der Waals surface area (Å²) in [6.07, 6.45) is 3.36. The van der Waals surface area contributed by atoms with Crippen LogP contribution in [0.3, 0.4) is 0 Å². The zero-order valence-corrected chi connectivity index (χ0v) is 18.4. The molecule has 2 amide bonds. The van der Waals surface area contributed by atoms with Crippen LogP contribution in [0.2, 0.25) is 0 Å². The van der Waals surface area contributed by atoms with Gasteiger partial charge in [-0.25, -0.2) is 0 Å². The Hall–Kier alpha value is -2.83. The van der Waals surface area contributed by atoms with Crippen molar-refractivity contribution in [3.8, 4) is 5.75 Å². The van der Waals surface area contributed by atoms with Crippen LogP contribution in [0.4, 0.5) is 4.79 Å². The molecule has 1 aliphatic heterocycles. The van der Waals surface area contributed by atoms with E-state index in [1.165, 1.54) is 4.90 Å². The first kappa shape index (κ1) is 20.4. The third-order valence-electron chi connectivity index (χ3n) is 4.64. The molecule has 0 spiro atoms. The van der Waals surface area contributed by atoms with Gasteiger partial charge in [0.15, 0.2) is 0 Å². The fourth-order valence-electron chi connectivity index (χ4n) is 3.21. The number of hydrogen-bond donors (Lipinski definition) is 0. The van der Waals surface area contributed by atoms with E-state index in [-0.39, 0.29) is 17.7 Å². The largest absolute Gasteiger partial charge is 0.489 e. The number of rotatable bonds is 6. The molecule has 1 saturated heterocycles. The molecule has 6 heteroatoms. The van der Waals surface area contributed by atoms with Gasteiger partial charge in [0.2, 0.25) is 0 Å². The fraction of sp³-hybridized carbons (Fsp3) is 0.0833. The van der Waals surface area contributed by atoms with Gasteiger partial charge in [-0.2, -0.15) is 0 Å². The number of fused-ring (bicyclic) bond motifs is 1. The molecule has 1 heterocycles. The van der Waals surface area contributed by atoms with Crippen molar-refractivity contribution in [1.82, 2.24) is 4.90 Å². The second-order valence-electron chi connectivity index (χ2n) is 6.73. The van der Waals surface area contributed by atoms with Gasteiger partial charge in [0.05, 0.1) is 11.4 Å². The summed E-state index contributed by atoms with van der Waals surface area (Å²) in [6.45, 7) is 4.25. The average molecular weight is 480 g/mol. The van der Waals surface area contributed by atoms with Crippen LogP contribution < -0.4 is 4.74 Å². The number of hydrogen-bond acceptors (Lipinski definition) is 4. The van der Waals surface area contributed by atoms with Crippen molar-refractivity contribution in [1.29, 1.82) is 0 Å². The van der Waals surface area contributed by atoms with Crippen LogP contribution in [0, 0.1) is 0 Å². The summed E-state index contributed by atoms with van der Waals surface area (Å²) in [6, 6.07) is 19.5. The van der Waals surface area contributed by atoms with Gasteiger partial charge in [0.1, 0.15) is 12.4 Å². The lowest BCUT2D eigenvalue weighted by molar-refractivity contribution is -0.123. The zero-order valence-electron chi connectivity index (χ0n) is 16.0. The van der Waals surface area contributed by atoms with Gasteiger partial charge in [-0.1, -0.05) is 65.0 Å². The molecule has 30 heavy (non-hydrogen) atoms. The molecule has 0 unspecified atom stereocenters. The molecule has 0 aliphatic carbocycles. The maximum Gasteiger partial charge on any atom is 0.293 e. The van der Waals surface area contributed by atoms with Crippen molar-refractivity contribution in [2.75, 3.05) is 6.61 Å². The summed E-state index contributed by atoms with van der Waals surface area (Å²) < 4.78 is 6.53. The molecule has 0 radical (unpaired) electrons. The molecule has 0 N–H and O–H groups in total. The Labute approximate surface area is 187 Å². The minimum Gasteiger partial charge on any atom is -0.489 e. The average Bonchev–Trinajstić information content (AvgIpc) is 3.00. The molecule has 0 bridgehead atoms. The SMILES string of the molecule is C=CCOc1ccc(Br)cc1/C=C1\SC(=O)N(Cc2ccc3ccccc3c2)C1=O. The molecule has 4 nitrogen and oxygen atoms in total. The van der Waals surface area contributed by atoms with Crippen LogP contribution in [0.1, 0.15) is 11.1 Å². The van der Waals surface area contributed by atoms with E-state index < -0.39 is 0 Å². The van der Waals surface area contributed by atoms with Crippen molar-refractivity contribution < 1.29 is 14.3 Å². The Morgan fingerprint density at radius 2 is 1.83 bits per heavy atom. The second-order valence-corrected chi connectivity index (χ2v) is 8.64. The third kappa shape index (κ3) is 4.35. The minimum atomic E-state index is -0.298. The summed E-state index contributed by atoms with van der Waals surface area (Å²) >= 11 is 4.39. The first-order valence-electron chi connectivity index (χ1n) is 9.31. The van der Waals surface area contributed by atoms with E-state index >= 15 is 0 Å². The summed E-state index contributed by atoms with van der Waals surface area (Å²) in [5, 5.41) is 1.93. The predicted octanol–water partition coefficient (Wildman–Crippen LogP) is 6.40. The highest BCUT2D eigenvalue weighted by atomic mass is 79.9. The summed E-state index contributed by atoms with van der Waals surface area (Å²) in [7, 11) is 0. The molecule has 1 fully saturated rings. The number of carbonyl (C=O) groups excluding carboxylic acids is 2. The van der Waals surface area contributed by atoms with Gasteiger partial charge in [-0.05, 0) is 58.4 Å². The highest BCUT2D eigenvalue weighted by Gasteiger charge is 2.35. The van der Waals surface area contributed by atoms with Gasteiger partial charge in [0.25, 0.3) is 11.1 Å². The highest BCUT2D eigenvalue weighted by molar-refractivity contribution is 9.10. The van der Waals surface area contributed by atoms with E-state index in [0.717, 1.165) is 38.1 Å². The molecule has 150 valence electrons. The normalized spacial score (nSPS) is 15.2. The van der Waals surface area contributed by atoms with Crippen molar-refractivity contribution >= 4 is 55.7 Å². The van der Waals surface area contributed by atoms with Crippen molar-refractivity contribution in [3.05, 3.63) is 93.8 Å². The van der Waals surface area contributed by atoms with Crippen molar-refractivity contribution in [2.45, 2.75) is 6.54 Å². The Kier molecular flexibility index (Phi) is 6.06. The van der Waals surface area contributed by atoms with Crippen LogP contribution in [0.15, 0.2) is 82.7 Å². The second kappa shape index (κ2) is 8.90. The molecule has 3 aromatic carbocycles. The monoisotopic (exact) mass is 479 g/mol. The van der Waals surface area contributed by atoms with Gasteiger partial charge in [-0.3, -0.25) is 14.5 Å². The molecule has 0 saturated carbocycles. The highest BCUT2D eigenvalue weighted by Crippen LogP contribution is 2.36. The summed E-state index contributed by atoms with van der Waals surface area (Å²) in [5.41, 5.74) is 1.64. The molecule has 4 rings (SSSR count). The van der Waals surface area contributed by atoms with Gasteiger partial charge >= 0.3 is 0 Å². The summed E-state index contributed by atoms with van der Waals surface area (Å²) in [4.78, 5) is 27.2. The third-order valence-corrected chi connectivity index (χ3v) is 6.04. The number of ether oxygens (including phenoxy) is 1. The predicted molar refractivity (Wildman–Crippen MR) is 125 cm³/mol. The molecule has 0 aromatic heterocycles. The quantitative estimate of drug-likeness (QED) is 0.303. The lowest BCUT2D eigenvalue weighted by Gasteiger charge is -2.13. The van der Waals surface area contributed by atoms with Crippen LogP contribution in [0.5, 0.6) is 5.75 Å². The van der Waals surface area contributed by atoms with E-state index in [9.17, 15) is 9.59 Å². The lowest BCUT2D eigenvalue weighted by atomic mass is 10.1. The fourth-order valence-corrected chi connectivity index (χ4v) is 4.42.